The second-order valence-corrected chi connectivity index (χ2v) is 4.89. The predicted molar refractivity (Wildman–Crippen MR) is 76.6 cm³/mol. The first-order valence-electron chi connectivity index (χ1n) is 6.44. The van der Waals surface area contributed by atoms with Gasteiger partial charge in [-0.15, -0.1) is 0 Å². The van der Waals surface area contributed by atoms with Gasteiger partial charge in [0.15, 0.2) is 0 Å². The van der Waals surface area contributed by atoms with Gasteiger partial charge < -0.3 is 5.32 Å². The van der Waals surface area contributed by atoms with Crippen LogP contribution in [0.5, 0.6) is 0 Å². The molecule has 1 aromatic rings. The van der Waals surface area contributed by atoms with Crippen LogP contribution in [-0.2, 0) is 6.42 Å². The monoisotopic (exact) mass is 269 g/mol. The van der Waals surface area contributed by atoms with Gasteiger partial charge in [-0.25, -0.2) is 4.39 Å². The summed E-state index contributed by atoms with van der Waals surface area (Å²) in [7, 11) is 0. The standard InChI is InChI=1S/C15H21ClFN/c1-3-9-18-10-5-6-12(2)11-13-7-4-8-14(16)15(13)17/h4,6-8,18H,3,5,9-11H2,1-2H3/b12-6-. The van der Waals surface area contributed by atoms with Crippen molar-refractivity contribution in [1.82, 2.24) is 5.32 Å². The molecular formula is C15H21ClFN. The van der Waals surface area contributed by atoms with E-state index in [1.54, 1.807) is 18.2 Å². The number of hydrogen-bond donors (Lipinski definition) is 1. The molecule has 0 fully saturated rings. The quantitative estimate of drug-likeness (QED) is 0.573. The van der Waals surface area contributed by atoms with Crippen LogP contribution in [0, 0.1) is 5.82 Å². The van der Waals surface area contributed by atoms with Crippen LogP contribution in [0.3, 0.4) is 0 Å². The Morgan fingerprint density at radius 1 is 1.39 bits per heavy atom. The van der Waals surface area contributed by atoms with Crippen LogP contribution < -0.4 is 5.32 Å². The normalized spacial score (nSPS) is 11.9. The molecule has 0 saturated heterocycles. The molecule has 0 aromatic heterocycles. The topological polar surface area (TPSA) is 12.0 Å². The van der Waals surface area contributed by atoms with E-state index in [0.717, 1.165) is 25.9 Å². The summed E-state index contributed by atoms with van der Waals surface area (Å²) < 4.78 is 13.7. The Balaban J connectivity index is 2.46. The Labute approximate surface area is 114 Å². The molecule has 3 heteroatoms. The van der Waals surface area contributed by atoms with E-state index < -0.39 is 0 Å². The molecule has 0 atom stereocenters. The lowest BCUT2D eigenvalue weighted by Gasteiger charge is -2.05. The summed E-state index contributed by atoms with van der Waals surface area (Å²) in [5, 5.41) is 3.53. The number of benzene rings is 1. The Kier molecular flexibility index (Phi) is 6.99. The van der Waals surface area contributed by atoms with E-state index in [0.29, 0.717) is 12.0 Å². The van der Waals surface area contributed by atoms with Crippen LogP contribution in [0.2, 0.25) is 5.02 Å². The lowest BCUT2D eigenvalue weighted by molar-refractivity contribution is 0.613. The third-order valence-electron chi connectivity index (χ3n) is 2.74. The highest BCUT2D eigenvalue weighted by atomic mass is 35.5. The van der Waals surface area contributed by atoms with E-state index in [1.807, 2.05) is 6.92 Å². The molecule has 1 rings (SSSR count). The molecule has 0 aliphatic heterocycles. The summed E-state index contributed by atoms with van der Waals surface area (Å²) in [5.74, 6) is -0.295. The lowest BCUT2D eigenvalue weighted by Crippen LogP contribution is -2.15. The summed E-state index contributed by atoms with van der Waals surface area (Å²) in [6, 6.07) is 5.15. The van der Waals surface area contributed by atoms with Gasteiger partial charge in [0.05, 0.1) is 5.02 Å². The Bertz CT molecular complexity index is 401. The zero-order valence-corrected chi connectivity index (χ0v) is 11.9. The third kappa shape index (κ3) is 5.19. The fourth-order valence-electron chi connectivity index (χ4n) is 1.78. The zero-order chi connectivity index (χ0) is 13.4. The van der Waals surface area contributed by atoms with E-state index >= 15 is 0 Å². The van der Waals surface area contributed by atoms with Gasteiger partial charge in [0.2, 0.25) is 0 Å². The first kappa shape index (κ1) is 15.2. The minimum atomic E-state index is -0.295. The maximum Gasteiger partial charge on any atom is 0.145 e. The van der Waals surface area contributed by atoms with E-state index in [2.05, 4.69) is 18.3 Å². The molecule has 0 aliphatic carbocycles. The summed E-state index contributed by atoms with van der Waals surface area (Å²) in [6.45, 7) is 6.20. The molecule has 0 heterocycles. The number of halogens is 2. The molecule has 1 N–H and O–H groups in total. The minimum absolute atomic E-state index is 0.199. The predicted octanol–water partition coefficient (Wildman–Crippen LogP) is 4.36. The second kappa shape index (κ2) is 8.28. The molecule has 0 saturated carbocycles. The molecular weight excluding hydrogens is 249 g/mol. The highest BCUT2D eigenvalue weighted by Gasteiger charge is 2.06. The van der Waals surface area contributed by atoms with Gasteiger partial charge in [0, 0.05) is 0 Å². The summed E-state index contributed by atoms with van der Waals surface area (Å²) in [5.41, 5.74) is 1.84. The first-order chi connectivity index (χ1) is 8.65. The van der Waals surface area contributed by atoms with Gasteiger partial charge >= 0.3 is 0 Å². The molecule has 0 spiro atoms. The van der Waals surface area contributed by atoms with Crippen molar-refractivity contribution in [3.63, 3.8) is 0 Å². The van der Waals surface area contributed by atoms with Crippen LogP contribution in [0.25, 0.3) is 0 Å². The van der Waals surface area contributed by atoms with Crippen molar-refractivity contribution in [1.29, 1.82) is 0 Å². The minimum Gasteiger partial charge on any atom is -0.316 e. The largest absolute Gasteiger partial charge is 0.316 e. The molecule has 1 aromatic carbocycles. The van der Waals surface area contributed by atoms with Crippen molar-refractivity contribution < 1.29 is 4.39 Å². The molecule has 0 bridgehead atoms. The molecule has 100 valence electrons. The molecule has 0 aliphatic rings. The van der Waals surface area contributed by atoms with Crippen molar-refractivity contribution in [2.45, 2.75) is 33.1 Å². The molecule has 18 heavy (non-hydrogen) atoms. The number of hydrogen-bond acceptors (Lipinski definition) is 1. The average Bonchev–Trinajstić information content (AvgIpc) is 2.35. The number of nitrogens with one attached hydrogen (secondary N) is 1. The molecule has 0 unspecified atom stereocenters. The third-order valence-corrected chi connectivity index (χ3v) is 3.03. The van der Waals surface area contributed by atoms with E-state index in [4.69, 9.17) is 11.6 Å². The first-order valence-corrected chi connectivity index (χ1v) is 6.82. The van der Waals surface area contributed by atoms with E-state index in [1.165, 1.54) is 5.57 Å². The molecule has 0 amide bonds. The summed E-state index contributed by atoms with van der Waals surface area (Å²) in [6.07, 6.45) is 4.91. The zero-order valence-electron chi connectivity index (χ0n) is 11.1. The van der Waals surface area contributed by atoms with Crippen LogP contribution >= 0.6 is 11.6 Å². The number of rotatable bonds is 7. The Morgan fingerprint density at radius 3 is 2.89 bits per heavy atom. The maximum atomic E-state index is 13.7. The Hall–Kier alpha value is -0.860. The van der Waals surface area contributed by atoms with Crippen LogP contribution in [0.4, 0.5) is 4.39 Å². The second-order valence-electron chi connectivity index (χ2n) is 4.48. The summed E-state index contributed by atoms with van der Waals surface area (Å²) in [4.78, 5) is 0. The Morgan fingerprint density at radius 2 is 2.17 bits per heavy atom. The van der Waals surface area contributed by atoms with Crippen molar-refractivity contribution in [3.05, 3.63) is 46.3 Å². The number of allylic oxidation sites excluding steroid dienone is 1. The highest BCUT2D eigenvalue weighted by molar-refractivity contribution is 6.30. The maximum absolute atomic E-state index is 13.7. The van der Waals surface area contributed by atoms with Crippen LogP contribution in [0.15, 0.2) is 29.8 Å². The van der Waals surface area contributed by atoms with Crippen molar-refractivity contribution in [2.75, 3.05) is 13.1 Å². The highest BCUT2D eigenvalue weighted by Crippen LogP contribution is 2.20. The van der Waals surface area contributed by atoms with Gasteiger partial charge in [0.1, 0.15) is 5.82 Å². The van der Waals surface area contributed by atoms with Crippen molar-refractivity contribution >= 4 is 11.6 Å². The van der Waals surface area contributed by atoms with Gasteiger partial charge in [-0.05, 0) is 50.9 Å². The fourth-order valence-corrected chi connectivity index (χ4v) is 1.97. The van der Waals surface area contributed by atoms with Crippen molar-refractivity contribution in [2.24, 2.45) is 0 Å². The van der Waals surface area contributed by atoms with Gasteiger partial charge in [-0.1, -0.05) is 42.3 Å². The van der Waals surface area contributed by atoms with Crippen LogP contribution in [-0.4, -0.2) is 13.1 Å². The smallest absolute Gasteiger partial charge is 0.145 e. The SMILES string of the molecule is CCCNCC/C=C(/C)Cc1cccc(Cl)c1F. The van der Waals surface area contributed by atoms with Gasteiger partial charge in [-0.3, -0.25) is 0 Å². The van der Waals surface area contributed by atoms with Gasteiger partial charge in [0.25, 0.3) is 0 Å². The van der Waals surface area contributed by atoms with Gasteiger partial charge in [-0.2, -0.15) is 0 Å². The molecule has 0 radical (unpaired) electrons. The van der Waals surface area contributed by atoms with E-state index in [-0.39, 0.29) is 10.8 Å². The van der Waals surface area contributed by atoms with Crippen LogP contribution in [0.1, 0.15) is 32.3 Å². The lowest BCUT2D eigenvalue weighted by atomic mass is 10.0. The molecule has 1 nitrogen and oxygen atoms in total. The fraction of sp³-hybridized carbons (Fsp3) is 0.467. The van der Waals surface area contributed by atoms with Crippen molar-refractivity contribution in [3.8, 4) is 0 Å². The average molecular weight is 270 g/mol. The summed E-state index contributed by atoms with van der Waals surface area (Å²) >= 11 is 5.75. The van der Waals surface area contributed by atoms with E-state index in [9.17, 15) is 4.39 Å².